The second-order valence-electron chi connectivity index (χ2n) is 5.16. The Hall–Kier alpha value is -2.10. The van der Waals surface area contributed by atoms with Crippen LogP contribution in [-0.2, 0) is 11.2 Å². The fourth-order valence-electron chi connectivity index (χ4n) is 2.14. The molecule has 0 saturated heterocycles. The third kappa shape index (κ3) is 4.45. The van der Waals surface area contributed by atoms with E-state index in [1.54, 1.807) is 11.2 Å². The maximum Gasteiger partial charge on any atom is 0.304 e. The molecule has 0 aliphatic rings. The number of rotatable bonds is 7. The van der Waals surface area contributed by atoms with Gasteiger partial charge in [-0.05, 0) is 25.3 Å². The van der Waals surface area contributed by atoms with Crippen molar-refractivity contribution in [2.45, 2.75) is 39.5 Å². The van der Waals surface area contributed by atoms with Gasteiger partial charge in [0.2, 0.25) is 5.91 Å². The molecule has 4 heteroatoms. The van der Waals surface area contributed by atoms with Crippen molar-refractivity contribution in [2.75, 3.05) is 11.4 Å². The van der Waals surface area contributed by atoms with Crippen molar-refractivity contribution in [3.05, 3.63) is 47.9 Å². The SMILES string of the molecule is CCCCN(C(=O)CCc1ccccc1)c1nc(C)co1. The van der Waals surface area contributed by atoms with Crippen molar-refractivity contribution in [3.8, 4) is 0 Å². The molecule has 1 heterocycles. The van der Waals surface area contributed by atoms with E-state index in [4.69, 9.17) is 4.42 Å². The van der Waals surface area contributed by atoms with E-state index in [0.717, 1.165) is 25.0 Å². The van der Waals surface area contributed by atoms with Crippen LogP contribution in [0.1, 0.15) is 37.4 Å². The lowest BCUT2D eigenvalue weighted by atomic mass is 10.1. The summed E-state index contributed by atoms with van der Waals surface area (Å²) in [4.78, 5) is 18.4. The van der Waals surface area contributed by atoms with Gasteiger partial charge in [0.15, 0.2) is 0 Å². The largest absolute Gasteiger partial charge is 0.431 e. The minimum atomic E-state index is 0.0640. The first kappa shape index (κ1) is 15.3. The van der Waals surface area contributed by atoms with Crippen LogP contribution in [0.25, 0.3) is 0 Å². The van der Waals surface area contributed by atoms with Crippen LogP contribution in [0.5, 0.6) is 0 Å². The fourth-order valence-corrected chi connectivity index (χ4v) is 2.14. The normalized spacial score (nSPS) is 10.6. The van der Waals surface area contributed by atoms with Gasteiger partial charge in [-0.2, -0.15) is 4.98 Å². The second kappa shape index (κ2) is 7.62. The van der Waals surface area contributed by atoms with Gasteiger partial charge in [-0.25, -0.2) is 0 Å². The zero-order valence-electron chi connectivity index (χ0n) is 12.7. The summed E-state index contributed by atoms with van der Waals surface area (Å²) in [6, 6.07) is 10.5. The Balaban J connectivity index is 2.00. The third-order valence-corrected chi connectivity index (χ3v) is 3.34. The number of aryl methyl sites for hydroxylation is 2. The van der Waals surface area contributed by atoms with Gasteiger partial charge in [-0.3, -0.25) is 9.69 Å². The summed E-state index contributed by atoms with van der Waals surface area (Å²) in [6.07, 6.45) is 4.76. The molecule has 0 spiro atoms. The lowest BCUT2D eigenvalue weighted by Gasteiger charge is -2.18. The average Bonchev–Trinajstić information content (AvgIpc) is 2.93. The summed E-state index contributed by atoms with van der Waals surface area (Å²) in [6.45, 7) is 4.62. The molecule has 0 unspecified atom stereocenters. The Labute approximate surface area is 125 Å². The monoisotopic (exact) mass is 286 g/mol. The van der Waals surface area contributed by atoms with E-state index >= 15 is 0 Å². The number of unbranched alkanes of at least 4 members (excludes halogenated alkanes) is 1. The minimum absolute atomic E-state index is 0.0640. The van der Waals surface area contributed by atoms with E-state index in [1.165, 1.54) is 5.56 Å². The summed E-state index contributed by atoms with van der Waals surface area (Å²) >= 11 is 0. The van der Waals surface area contributed by atoms with E-state index < -0.39 is 0 Å². The molecule has 1 aromatic heterocycles. The smallest absolute Gasteiger partial charge is 0.304 e. The zero-order valence-corrected chi connectivity index (χ0v) is 12.7. The number of carbonyl (C=O) groups is 1. The van der Waals surface area contributed by atoms with Crippen molar-refractivity contribution >= 4 is 11.9 Å². The van der Waals surface area contributed by atoms with Crippen LogP contribution in [0.4, 0.5) is 6.01 Å². The molecule has 0 radical (unpaired) electrons. The fraction of sp³-hybridized carbons (Fsp3) is 0.412. The maximum atomic E-state index is 12.5. The molecule has 2 rings (SSSR count). The van der Waals surface area contributed by atoms with Gasteiger partial charge in [-0.15, -0.1) is 0 Å². The van der Waals surface area contributed by atoms with Gasteiger partial charge in [0.25, 0.3) is 0 Å². The number of hydrogen-bond donors (Lipinski definition) is 0. The predicted octanol–water partition coefficient (Wildman–Crippen LogP) is 3.75. The van der Waals surface area contributed by atoms with Crippen molar-refractivity contribution in [2.24, 2.45) is 0 Å². The van der Waals surface area contributed by atoms with E-state index in [2.05, 4.69) is 11.9 Å². The summed E-state index contributed by atoms with van der Waals surface area (Å²) in [5.41, 5.74) is 1.97. The molecule has 0 bridgehead atoms. The van der Waals surface area contributed by atoms with Crippen molar-refractivity contribution in [3.63, 3.8) is 0 Å². The van der Waals surface area contributed by atoms with Crippen LogP contribution < -0.4 is 4.90 Å². The molecule has 2 aromatic rings. The molecule has 21 heavy (non-hydrogen) atoms. The molecule has 1 aromatic carbocycles. The first-order chi connectivity index (χ1) is 10.2. The molecule has 0 aliphatic carbocycles. The standard InChI is InChI=1S/C17H22N2O2/c1-3-4-12-19(17-18-14(2)13-21-17)16(20)11-10-15-8-6-5-7-9-15/h5-9,13H,3-4,10-12H2,1-2H3. The van der Waals surface area contributed by atoms with Crippen LogP contribution >= 0.6 is 0 Å². The Kier molecular flexibility index (Phi) is 5.55. The zero-order chi connectivity index (χ0) is 15.1. The quantitative estimate of drug-likeness (QED) is 0.778. The van der Waals surface area contributed by atoms with E-state index in [9.17, 15) is 4.79 Å². The van der Waals surface area contributed by atoms with Gasteiger partial charge >= 0.3 is 6.01 Å². The van der Waals surface area contributed by atoms with Crippen LogP contribution in [0.2, 0.25) is 0 Å². The van der Waals surface area contributed by atoms with E-state index in [0.29, 0.717) is 19.0 Å². The van der Waals surface area contributed by atoms with E-state index in [-0.39, 0.29) is 5.91 Å². The number of carbonyl (C=O) groups excluding carboxylic acids is 1. The van der Waals surface area contributed by atoms with Crippen LogP contribution in [-0.4, -0.2) is 17.4 Å². The summed E-state index contributed by atoms with van der Waals surface area (Å²) in [5.74, 6) is 0.0640. The Bertz CT molecular complexity index is 563. The van der Waals surface area contributed by atoms with Crippen molar-refractivity contribution < 1.29 is 9.21 Å². The highest BCUT2D eigenvalue weighted by Crippen LogP contribution is 2.16. The van der Waals surface area contributed by atoms with Crippen LogP contribution in [0.15, 0.2) is 41.0 Å². The number of amides is 1. The number of benzene rings is 1. The second-order valence-corrected chi connectivity index (χ2v) is 5.16. The number of hydrogen-bond acceptors (Lipinski definition) is 3. The summed E-state index contributed by atoms with van der Waals surface area (Å²) < 4.78 is 5.39. The highest BCUT2D eigenvalue weighted by molar-refractivity contribution is 5.91. The minimum Gasteiger partial charge on any atom is -0.431 e. The number of anilines is 1. The van der Waals surface area contributed by atoms with Gasteiger partial charge in [0.1, 0.15) is 6.26 Å². The molecular formula is C17H22N2O2. The Morgan fingerprint density at radius 3 is 2.67 bits per heavy atom. The van der Waals surface area contributed by atoms with Crippen molar-refractivity contribution in [1.82, 2.24) is 4.98 Å². The molecule has 0 aliphatic heterocycles. The summed E-state index contributed by atoms with van der Waals surface area (Å²) in [7, 11) is 0. The van der Waals surface area contributed by atoms with Gasteiger partial charge in [-0.1, -0.05) is 43.7 Å². The van der Waals surface area contributed by atoms with Crippen LogP contribution in [0.3, 0.4) is 0 Å². The molecule has 1 amide bonds. The van der Waals surface area contributed by atoms with Gasteiger partial charge < -0.3 is 4.42 Å². The predicted molar refractivity (Wildman–Crippen MR) is 83.3 cm³/mol. The maximum absolute atomic E-state index is 12.5. The average molecular weight is 286 g/mol. The van der Waals surface area contributed by atoms with Crippen molar-refractivity contribution in [1.29, 1.82) is 0 Å². The highest BCUT2D eigenvalue weighted by Gasteiger charge is 2.19. The lowest BCUT2D eigenvalue weighted by molar-refractivity contribution is -0.118. The molecule has 4 nitrogen and oxygen atoms in total. The number of aromatic nitrogens is 1. The van der Waals surface area contributed by atoms with Gasteiger partial charge in [0.05, 0.1) is 5.69 Å². The van der Waals surface area contributed by atoms with E-state index in [1.807, 2.05) is 37.3 Å². The Morgan fingerprint density at radius 1 is 1.29 bits per heavy atom. The van der Waals surface area contributed by atoms with Gasteiger partial charge in [0, 0.05) is 13.0 Å². The number of oxazole rings is 1. The molecule has 112 valence electrons. The topological polar surface area (TPSA) is 46.3 Å². The molecule has 0 N–H and O–H groups in total. The van der Waals surface area contributed by atoms with Crippen LogP contribution in [0, 0.1) is 6.92 Å². The first-order valence-electron chi connectivity index (χ1n) is 7.47. The third-order valence-electron chi connectivity index (χ3n) is 3.34. The molecular weight excluding hydrogens is 264 g/mol. The Morgan fingerprint density at radius 2 is 2.05 bits per heavy atom. The summed E-state index contributed by atoms with van der Waals surface area (Å²) in [5, 5.41) is 0. The number of nitrogens with zero attached hydrogens (tertiary/aromatic N) is 2. The molecule has 0 fully saturated rings. The highest BCUT2D eigenvalue weighted by atomic mass is 16.4. The molecule has 0 atom stereocenters. The molecule has 0 saturated carbocycles. The lowest BCUT2D eigenvalue weighted by Crippen LogP contribution is -2.32. The first-order valence-corrected chi connectivity index (χ1v) is 7.47.